The van der Waals surface area contributed by atoms with Crippen LogP contribution in [0.4, 0.5) is 5.69 Å². The van der Waals surface area contributed by atoms with Gasteiger partial charge in [0.2, 0.25) is 0 Å². The number of nitro benzene ring substituents is 1. The molecule has 0 spiro atoms. The summed E-state index contributed by atoms with van der Waals surface area (Å²) < 4.78 is 0. The van der Waals surface area contributed by atoms with E-state index in [1.54, 1.807) is 12.1 Å². The maximum atomic E-state index is 11.8. The van der Waals surface area contributed by atoms with E-state index in [4.69, 9.17) is 0 Å². The normalized spacial score (nSPS) is 10.5. The number of carbonyl (C=O) groups excluding carboxylic acids is 1. The zero-order valence-corrected chi connectivity index (χ0v) is 10.8. The number of phenols is 1. The van der Waals surface area contributed by atoms with Gasteiger partial charge in [0.1, 0.15) is 5.75 Å². The number of hydrazone groups is 1. The highest BCUT2D eigenvalue weighted by atomic mass is 16.6. The summed E-state index contributed by atoms with van der Waals surface area (Å²) in [6, 6.07) is 12.2. The van der Waals surface area contributed by atoms with Gasteiger partial charge < -0.3 is 5.11 Å². The van der Waals surface area contributed by atoms with E-state index in [0.29, 0.717) is 0 Å². The van der Waals surface area contributed by atoms with Gasteiger partial charge in [-0.15, -0.1) is 0 Å². The summed E-state index contributed by atoms with van der Waals surface area (Å²) >= 11 is 0. The molecule has 0 aliphatic carbocycles. The van der Waals surface area contributed by atoms with Crippen LogP contribution in [0.5, 0.6) is 5.75 Å². The minimum Gasteiger partial charge on any atom is -0.507 e. The Bertz CT molecular complexity index is 699. The Labute approximate surface area is 119 Å². The molecule has 0 aliphatic rings. The predicted molar refractivity (Wildman–Crippen MR) is 76.3 cm³/mol. The van der Waals surface area contributed by atoms with Gasteiger partial charge in [0.25, 0.3) is 11.6 Å². The zero-order chi connectivity index (χ0) is 15.2. The van der Waals surface area contributed by atoms with Crippen molar-refractivity contribution in [3.05, 3.63) is 69.8 Å². The zero-order valence-electron chi connectivity index (χ0n) is 10.8. The largest absolute Gasteiger partial charge is 0.507 e. The number of aromatic hydroxyl groups is 1. The Kier molecular flexibility index (Phi) is 4.25. The fourth-order valence-electron chi connectivity index (χ4n) is 1.58. The van der Waals surface area contributed by atoms with Crippen molar-refractivity contribution >= 4 is 17.8 Å². The second kappa shape index (κ2) is 6.29. The Morgan fingerprint density at radius 3 is 2.62 bits per heavy atom. The quantitative estimate of drug-likeness (QED) is 0.509. The van der Waals surface area contributed by atoms with Crippen LogP contribution in [0.25, 0.3) is 0 Å². The molecule has 2 rings (SSSR count). The minimum atomic E-state index is -0.733. The van der Waals surface area contributed by atoms with Crippen LogP contribution in [0, 0.1) is 10.1 Å². The van der Waals surface area contributed by atoms with Crippen LogP contribution in [0.2, 0.25) is 0 Å². The van der Waals surface area contributed by atoms with Crippen LogP contribution in [0.1, 0.15) is 15.9 Å². The number of rotatable bonds is 4. The summed E-state index contributed by atoms with van der Waals surface area (Å²) in [7, 11) is 0. The summed E-state index contributed by atoms with van der Waals surface area (Å²) in [5.74, 6) is -1.09. The first kappa shape index (κ1) is 14.2. The van der Waals surface area contributed by atoms with E-state index in [-0.39, 0.29) is 17.0 Å². The van der Waals surface area contributed by atoms with E-state index in [1.807, 2.05) is 18.2 Å². The summed E-state index contributed by atoms with van der Waals surface area (Å²) in [5.41, 5.74) is 2.48. The van der Waals surface area contributed by atoms with Crippen molar-refractivity contribution in [2.24, 2.45) is 5.10 Å². The Morgan fingerprint density at radius 2 is 1.95 bits per heavy atom. The van der Waals surface area contributed by atoms with Crippen molar-refractivity contribution in [1.82, 2.24) is 5.43 Å². The van der Waals surface area contributed by atoms with Gasteiger partial charge in [0.15, 0.2) is 0 Å². The second-order valence-corrected chi connectivity index (χ2v) is 4.07. The lowest BCUT2D eigenvalue weighted by molar-refractivity contribution is -0.384. The molecule has 0 bridgehead atoms. The third-order valence-electron chi connectivity index (χ3n) is 2.61. The van der Waals surface area contributed by atoms with Crippen LogP contribution in [-0.4, -0.2) is 22.2 Å². The summed E-state index contributed by atoms with van der Waals surface area (Å²) in [6.07, 6.45) is 1.42. The molecule has 2 aromatic carbocycles. The molecule has 2 N–H and O–H groups in total. The molecule has 0 aromatic heterocycles. The number of hydrogen-bond donors (Lipinski definition) is 2. The van der Waals surface area contributed by atoms with Crippen molar-refractivity contribution in [3.8, 4) is 5.75 Å². The number of nitro groups is 1. The molecule has 2 aromatic rings. The Balaban J connectivity index is 2.12. The number of phenolic OH excluding ortho intramolecular Hbond substituents is 1. The summed E-state index contributed by atoms with van der Waals surface area (Å²) in [5, 5.41) is 23.9. The molecule has 0 saturated carbocycles. The maximum absolute atomic E-state index is 11.8. The average Bonchev–Trinajstić information content (AvgIpc) is 2.48. The molecular weight excluding hydrogens is 274 g/mol. The van der Waals surface area contributed by atoms with Crippen molar-refractivity contribution in [2.45, 2.75) is 0 Å². The smallest absolute Gasteiger partial charge is 0.275 e. The molecule has 0 aliphatic heterocycles. The summed E-state index contributed by atoms with van der Waals surface area (Å²) in [6.45, 7) is 0. The molecule has 0 heterocycles. The number of nitrogens with one attached hydrogen (secondary N) is 1. The molecule has 21 heavy (non-hydrogen) atoms. The molecule has 0 radical (unpaired) electrons. The van der Waals surface area contributed by atoms with Gasteiger partial charge in [-0.1, -0.05) is 30.3 Å². The number of amides is 1. The number of non-ortho nitro benzene ring substituents is 1. The van der Waals surface area contributed by atoms with Gasteiger partial charge in [-0.25, -0.2) is 5.43 Å². The van der Waals surface area contributed by atoms with Crippen molar-refractivity contribution in [2.75, 3.05) is 0 Å². The Morgan fingerprint density at radius 1 is 1.24 bits per heavy atom. The fourth-order valence-corrected chi connectivity index (χ4v) is 1.58. The van der Waals surface area contributed by atoms with Crippen molar-refractivity contribution in [3.63, 3.8) is 0 Å². The van der Waals surface area contributed by atoms with E-state index in [0.717, 1.165) is 23.8 Å². The van der Waals surface area contributed by atoms with Crippen LogP contribution in [-0.2, 0) is 0 Å². The summed E-state index contributed by atoms with van der Waals surface area (Å²) in [4.78, 5) is 21.8. The lowest BCUT2D eigenvalue weighted by atomic mass is 10.1. The monoisotopic (exact) mass is 285 g/mol. The maximum Gasteiger partial charge on any atom is 0.275 e. The fraction of sp³-hybridized carbons (Fsp3) is 0. The van der Waals surface area contributed by atoms with Gasteiger partial charge in [-0.05, 0) is 11.6 Å². The standard InChI is InChI=1S/C14H11N3O4/c18-13-7-6-11(17(20)21)8-12(13)14(19)16-15-9-10-4-2-1-3-5-10/h1-9,18H,(H,16,19). The first-order valence-electron chi connectivity index (χ1n) is 5.94. The molecule has 0 saturated heterocycles. The van der Waals surface area contributed by atoms with E-state index < -0.39 is 10.8 Å². The number of carbonyl (C=O) groups is 1. The predicted octanol–water partition coefficient (Wildman–Crippen LogP) is 2.06. The van der Waals surface area contributed by atoms with Crippen LogP contribution in [0.3, 0.4) is 0 Å². The lowest BCUT2D eigenvalue weighted by Gasteiger charge is -2.02. The van der Waals surface area contributed by atoms with E-state index in [1.165, 1.54) is 6.21 Å². The highest BCUT2D eigenvalue weighted by molar-refractivity contribution is 5.97. The average molecular weight is 285 g/mol. The third-order valence-corrected chi connectivity index (χ3v) is 2.61. The molecule has 0 unspecified atom stereocenters. The number of nitrogens with zero attached hydrogens (tertiary/aromatic N) is 2. The molecule has 7 heteroatoms. The molecule has 0 fully saturated rings. The van der Waals surface area contributed by atoms with Gasteiger partial charge in [-0.2, -0.15) is 5.10 Å². The van der Waals surface area contributed by atoms with Crippen LogP contribution >= 0.6 is 0 Å². The number of benzene rings is 2. The first-order chi connectivity index (χ1) is 10.1. The Hall–Kier alpha value is -3.22. The highest BCUT2D eigenvalue weighted by Crippen LogP contribution is 2.22. The van der Waals surface area contributed by atoms with Crippen LogP contribution < -0.4 is 5.43 Å². The van der Waals surface area contributed by atoms with Gasteiger partial charge >= 0.3 is 0 Å². The van der Waals surface area contributed by atoms with Gasteiger partial charge in [0.05, 0.1) is 16.7 Å². The topological polar surface area (TPSA) is 105 Å². The minimum absolute atomic E-state index is 0.214. The third kappa shape index (κ3) is 3.63. The SMILES string of the molecule is O=C(NN=Cc1ccccc1)c1cc([N+](=O)[O-])ccc1O. The van der Waals surface area contributed by atoms with Crippen molar-refractivity contribution in [1.29, 1.82) is 0 Å². The molecule has 106 valence electrons. The molecule has 0 atom stereocenters. The van der Waals surface area contributed by atoms with Crippen LogP contribution in [0.15, 0.2) is 53.6 Å². The molecule has 1 amide bonds. The van der Waals surface area contributed by atoms with Crippen molar-refractivity contribution < 1.29 is 14.8 Å². The van der Waals surface area contributed by atoms with Gasteiger partial charge in [-0.3, -0.25) is 14.9 Å². The second-order valence-electron chi connectivity index (χ2n) is 4.07. The van der Waals surface area contributed by atoms with E-state index in [2.05, 4.69) is 10.5 Å². The highest BCUT2D eigenvalue weighted by Gasteiger charge is 2.15. The molecular formula is C14H11N3O4. The van der Waals surface area contributed by atoms with E-state index in [9.17, 15) is 20.0 Å². The number of hydrogen-bond acceptors (Lipinski definition) is 5. The first-order valence-corrected chi connectivity index (χ1v) is 5.94. The lowest BCUT2D eigenvalue weighted by Crippen LogP contribution is -2.17. The molecule has 7 nitrogen and oxygen atoms in total. The van der Waals surface area contributed by atoms with Gasteiger partial charge in [0, 0.05) is 12.1 Å². The van der Waals surface area contributed by atoms with E-state index >= 15 is 0 Å².